The predicted molar refractivity (Wildman–Crippen MR) is 71.9 cm³/mol. The van der Waals surface area contributed by atoms with Gasteiger partial charge in [0, 0.05) is 29.6 Å². The minimum atomic E-state index is -3.12. The summed E-state index contributed by atoms with van der Waals surface area (Å²) in [6.45, 7) is 4.11. The zero-order valence-electron chi connectivity index (χ0n) is 10.6. The largest absolute Gasteiger partial charge is 0.478 e. The second-order valence-corrected chi connectivity index (χ2v) is 8.39. The van der Waals surface area contributed by atoms with Gasteiger partial charge in [0.25, 0.3) is 0 Å². The minimum Gasteiger partial charge on any atom is -0.478 e. The molecule has 102 valence electrons. The minimum absolute atomic E-state index is 0.263. The van der Waals surface area contributed by atoms with Crippen LogP contribution < -0.4 is 5.32 Å². The molecule has 0 aliphatic rings. The summed E-state index contributed by atoms with van der Waals surface area (Å²) in [5.41, 5.74) is 0.263. The number of hydrogen-bond donors (Lipinski definition) is 2. The van der Waals surface area contributed by atoms with E-state index in [2.05, 4.69) is 5.32 Å². The van der Waals surface area contributed by atoms with Gasteiger partial charge in [-0.25, -0.2) is 13.2 Å². The number of aromatic carboxylic acids is 1. The quantitative estimate of drug-likeness (QED) is 0.827. The maximum atomic E-state index is 11.5. The molecule has 0 spiro atoms. The summed E-state index contributed by atoms with van der Waals surface area (Å²) in [7, 11) is -3.12. The summed E-state index contributed by atoms with van der Waals surface area (Å²) < 4.78 is 22.1. The molecule has 2 N–H and O–H groups in total. The third-order valence-electron chi connectivity index (χ3n) is 2.75. The molecule has 0 saturated carbocycles. The third-order valence-corrected chi connectivity index (χ3v) is 5.84. The van der Waals surface area contributed by atoms with Gasteiger partial charge in [-0.1, -0.05) is 0 Å². The maximum absolute atomic E-state index is 11.5. The molecule has 1 aromatic rings. The zero-order chi connectivity index (χ0) is 14.0. The highest BCUT2D eigenvalue weighted by Crippen LogP contribution is 2.16. The van der Waals surface area contributed by atoms with E-state index in [0.29, 0.717) is 13.1 Å². The van der Waals surface area contributed by atoms with Crippen LogP contribution in [0.4, 0.5) is 0 Å². The Morgan fingerprint density at radius 3 is 2.56 bits per heavy atom. The van der Waals surface area contributed by atoms with Crippen molar-refractivity contribution in [2.75, 3.05) is 12.8 Å². The molecule has 0 fully saturated rings. The van der Waals surface area contributed by atoms with Crippen LogP contribution in [0.15, 0.2) is 11.4 Å². The van der Waals surface area contributed by atoms with E-state index < -0.39 is 20.6 Å². The lowest BCUT2D eigenvalue weighted by molar-refractivity contribution is 0.0697. The van der Waals surface area contributed by atoms with Crippen molar-refractivity contribution in [1.29, 1.82) is 0 Å². The average molecular weight is 291 g/mol. The van der Waals surface area contributed by atoms with E-state index in [-0.39, 0.29) is 5.56 Å². The highest BCUT2D eigenvalue weighted by atomic mass is 32.2. The van der Waals surface area contributed by atoms with Gasteiger partial charge >= 0.3 is 5.97 Å². The van der Waals surface area contributed by atoms with Crippen LogP contribution in [0.1, 0.15) is 29.1 Å². The lowest BCUT2D eigenvalue weighted by Crippen LogP contribution is -2.41. The standard InChI is InChI=1S/C11H17NO4S2/c1-11(2,18(3,15)16)7-12-5-9-4-8(6-17-9)10(13)14/h4,6,12H,5,7H2,1-3H3,(H,13,14). The van der Waals surface area contributed by atoms with Crippen LogP contribution >= 0.6 is 11.3 Å². The SMILES string of the molecule is CC(C)(CNCc1cc(C(=O)O)cs1)S(C)(=O)=O. The fourth-order valence-electron chi connectivity index (χ4n) is 1.20. The van der Waals surface area contributed by atoms with Gasteiger partial charge in [0.1, 0.15) is 0 Å². The van der Waals surface area contributed by atoms with Crippen molar-refractivity contribution in [3.05, 3.63) is 21.9 Å². The molecule has 1 heterocycles. The molecule has 0 bridgehead atoms. The van der Waals surface area contributed by atoms with E-state index in [4.69, 9.17) is 5.11 Å². The number of carbonyl (C=O) groups is 1. The summed E-state index contributed by atoms with van der Waals surface area (Å²) in [5, 5.41) is 13.4. The van der Waals surface area contributed by atoms with Crippen molar-refractivity contribution < 1.29 is 18.3 Å². The van der Waals surface area contributed by atoms with Crippen molar-refractivity contribution >= 4 is 27.1 Å². The predicted octanol–water partition coefficient (Wildman–Crippen LogP) is 1.36. The van der Waals surface area contributed by atoms with Gasteiger partial charge in [0.05, 0.1) is 10.3 Å². The number of carboxylic acid groups (broad SMARTS) is 1. The van der Waals surface area contributed by atoms with Crippen LogP contribution in [0, 0.1) is 0 Å². The topological polar surface area (TPSA) is 83.5 Å². The highest BCUT2D eigenvalue weighted by molar-refractivity contribution is 7.92. The fraction of sp³-hybridized carbons (Fsp3) is 0.545. The molecule has 5 nitrogen and oxygen atoms in total. The Balaban J connectivity index is 2.54. The van der Waals surface area contributed by atoms with Crippen LogP contribution in [0.25, 0.3) is 0 Å². The van der Waals surface area contributed by atoms with Crippen LogP contribution in [0.5, 0.6) is 0 Å². The molecule has 0 aliphatic heterocycles. The van der Waals surface area contributed by atoms with Gasteiger partial charge in [-0.05, 0) is 19.9 Å². The first-order valence-electron chi connectivity index (χ1n) is 5.34. The Morgan fingerprint density at radius 2 is 2.11 bits per heavy atom. The second kappa shape index (κ2) is 5.38. The van der Waals surface area contributed by atoms with E-state index in [1.54, 1.807) is 25.3 Å². The number of hydrogen-bond acceptors (Lipinski definition) is 5. The summed E-state index contributed by atoms with van der Waals surface area (Å²) >= 11 is 1.34. The Labute approximate surface area is 111 Å². The molecule has 18 heavy (non-hydrogen) atoms. The number of thiophene rings is 1. The lowest BCUT2D eigenvalue weighted by Gasteiger charge is -2.22. The first kappa shape index (κ1) is 15.1. The molecule has 0 radical (unpaired) electrons. The summed E-state index contributed by atoms with van der Waals surface area (Å²) in [6, 6.07) is 1.59. The summed E-state index contributed by atoms with van der Waals surface area (Å²) in [4.78, 5) is 11.6. The molecule has 7 heteroatoms. The van der Waals surface area contributed by atoms with E-state index in [9.17, 15) is 13.2 Å². The van der Waals surface area contributed by atoms with Gasteiger partial charge < -0.3 is 10.4 Å². The van der Waals surface area contributed by atoms with E-state index in [1.807, 2.05) is 0 Å². The van der Waals surface area contributed by atoms with Crippen molar-refractivity contribution in [3.63, 3.8) is 0 Å². The molecule has 0 amide bonds. The van der Waals surface area contributed by atoms with Crippen molar-refractivity contribution in [3.8, 4) is 0 Å². The summed E-state index contributed by atoms with van der Waals surface area (Å²) in [6.07, 6.45) is 1.21. The van der Waals surface area contributed by atoms with Crippen molar-refractivity contribution in [2.24, 2.45) is 0 Å². The van der Waals surface area contributed by atoms with Crippen LogP contribution in [-0.2, 0) is 16.4 Å². The second-order valence-electron chi connectivity index (χ2n) is 4.74. The number of carboxylic acids is 1. The maximum Gasteiger partial charge on any atom is 0.336 e. The molecule has 0 atom stereocenters. The molecule has 0 unspecified atom stereocenters. The Morgan fingerprint density at radius 1 is 1.50 bits per heavy atom. The number of sulfone groups is 1. The zero-order valence-corrected chi connectivity index (χ0v) is 12.2. The van der Waals surface area contributed by atoms with Gasteiger partial charge in [0.2, 0.25) is 0 Å². The van der Waals surface area contributed by atoms with Gasteiger partial charge in [-0.2, -0.15) is 0 Å². The molecule has 0 saturated heterocycles. The Kier molecular flexibility index (Phi) is 4.52. The van der Waals surface area contributed by atoms with Crippen LogP contribution in [-0.4, -0.2) is 37.0 Å². The Hall–Kier alpha value is -0.920. The van der Waals surface area contributed by atoms with Crippen molar-refractivity contribution in [1.82, 2.24) is 5.32 Å². The first-order chi connectivity index (χ1) is 8.13. The highest BCUT2D eigenvalue weighted by Gasteiger charge is 2.29. The van der Waals surface area contributed by atoms with E-state index >= 15 is 0 Å². The van der Waals surface area contributed by atoms with Gasteiger partial charge in [-0.3, -0.25) is 0 Å². The molecule has 1 rings (SSSR count). The normalized spacial score (nSPS) is 12.6. The lowest BCUT2D eigenvalue weighted by atomic mass is 10.2. The van der Waals surface area contributed by atoms with E-state index in [1.165, 1.54) is 17.6 Å². The smallest absolute Gasteiger partial charge is 0.336 e. The fourth-order valence-corrected chi connectivity index (χ4v) is 2.40. The van der Waals surface area contributed by atoms with Crippen LogP contribution in [0.2, 0.25) is 0 Å². The van der Waals surface area contributed by atoms with Gasteiger partial charge in [0.15, 0.2) is 9.84 Å². The third kappa shape index (κ3) is 3.79. The average Bonchev–Trinajstić information content (AvgIpc) is 2.64. The number of rotatable bonds is 6. The monoisotopic (exact) mass is 291 g/mol. The molecule has 0 aromatic carbocycles. The Bertz CT molecular complexity index is 531. The molecular formula is C11H17NO4S2. The number of nitrogens with one attached hydrogen (secondary N) is 1. The summed E-state index contributed by atoms with van der Waals surface area (Å²) in [5.74, 6) is -0.950. The van der Waals surface area contributed by atoms with E-state index in [0.717, 1.165) is 4.88 Å². The van der Waals surface area contributed by atoms with Gasteiger partial charge in [-0.15, -0.1) is 11.3 Å². The molecule has 1 aromatic heterocycles. The first-order valence-corrected chi connectivity index (χ1v) is 8.11. The molecule has 0 aliphatic carbocycles. The molecular weight excluding hydrogens is 274 g/mol. The van der Waals surface area contributed by atoms with Crippen LogP contribution in [0.3, 0.4) is 0 Å². The van der Waals surface area contributed by atoms with Crippen molar-refractivity contribution in [2.45, 2.75) is 25.1 Å².